The number of rotatable bonds is 10. The summed E-state index contributed by atoms with van der Waals surface area (Å²) in [6.45, 7) is 6.37. The normalized spacial score (nSPS) is 11.6. The lowest BCUT2D eigenvalue weighted by molar-refractivity contribution is -0.130. The number of benzene rings is 2. The van der Waals surface area contributed by atoms with Crippen LogP contribution >= 0.6 is 0 Å². The van der Waals surface area contributed by atoms with Gasteiger partial charge in [0.05, 0.1) is 12.0 Å². The largest absolute Gasteiger partial charge is 0.493 e. The fourth-order valence-corrected chi connectivity index (χ4v) is 5.42. The average molecular weight is 499 g/mol. The number of methoxy groups -OCH3 is 1. The fourth-order valence-electron chi connectivity index (χ4n) is 3.79. The Hall–Kier alpha value is -2.72. The van der Waals surface area contributed by atoms with Crippen LogP contribution in [0, 0.1) is 34.6 Å². The first-order valence-electron chi connectivity index (χ1n) is 10.7. The molecule has 2 aromatic carbocycles. The van der Waals surface area contributed by atoms with E-state index in [-0.39, 0.29) is 41.8 Å². The van der Waals surface area contributed by atoms with E-state index < -0.39 is 16.6 Å². The van der Waals surface area contributed by atoms with E-state index >= 15 is 0 Å². The van der Waals surface area contributed by atoms with Crippen LogP contribution in [0.5, 0.6) is 11.5 Å². The van der Waals surface area contributed by atoms with Crippen molar-refractivity contribution >= 4 is 15.9 Å². The first-order chi connectivity index (χ1) is 15.8. The smallest absolute Gasteiger partial charge is 0.387 e. The molecule has 2 rings (SSSR count). The van der Waals surface area contributed by atoms with Crippen molar-refractivity contribution in [1.82, 2.24) is 9.62 Å². The maximum absolute atomic E-state index is 13.0. The minimum atomic E-state index is -3.81. The van der Waals surface area contributed by atoms with Gasteiger partial charge in [-0.2, -0.15) is 8.78 Å². The van der Waals surface area contributed by atoms with E-state index in [4.69, 9.17) is 4.74 Å². The molecule has 10 heteroatoms. The summed E-state index contributed by atoms with van der Waals surface area (Å²) in [6, 6.07) is 4.50. The molecule has 0 radical (unpaired) electrons. The number of amides is 1. The number of carbonyl (C=O) groups is 1. The van der Waals surface area contributed by atoms with Gasteiger partial charge in [0, 0.05) is 26.6 Å². The zero-order valence-electron chi connectivity index (χ0n) is 20.6. The Bertz CT molecular complexity index is 1140. The lowest BCUT2D eigenvalue weighted by Gasteiger charge is -2.20. The van der Waals surface area contributed by atoms with Crippen molar-refractivity contribution in [3.63, 3.8) is 0 Å². The third-order valence-electron chi connectivity index (χ3n) is 6.12. The molecule has 0 fully saturated rings. The number of hydrogen-bond donors (Lipinski definition) is 1. The molecule has 188 valence electrons. The fraction of sp³-hybridized carbons (Fsp3) is 0.458. The molecular weight excluding hydrogens is 466 g/mol. The van der Waals surface area contributed by atoms with Crippen molar-refractivity contribution in [2.45, 2.75) is 59.1 Å². The minimum Gasteiger partial charge on any atom is -0.493 e. The lowest BCUT2D eigenvalue weighted by Crippen LogP contribution is -2.32. The van der Waals surface area contributed by atoms with Crippen LogP contribution in [-0.2, 0) is 21.4 Å². The molecule has 0 aliphatic rings. The van der Waals surface area contributed by atoms with Crippen LogP contribution in [-0.4, -0.2) is 46.5 Å². The predicted molar refractivity (Wildman–Crippen MR) is 126 cm³/mol. The van der Waals surface area contributed by atoms with Crippen LogP contribution in [0.4, 0.5) is 8.78 Å². The molecule has 0 unspecified atom stereocenters. The van der Waals surface area contributed by atoms with Gasteiger partial charge in [0.25, 0.3) is 0 Å². The van der Waals surface area contributed by atoms with Gasteiger partial charge in [-0.3, -0.25) is 4.79 Å². The van der Waals surface area contributed by atoms with Gasteiger partial charge < -0.3 is 14.4 Å². The number of hydrogen-bond acceptors (Lipinski definition) is 5. The van der Waals surface area contributed by atoms with Crippen LogP contribution in [0.1, 0.15) is 39.8 Å². The minimum absolute atomic E-state index is 0.0613. The Labute approximate surface area is 200 Å². The summed E-state index contributed by atoms with van der Waals surface area (Å²) in [5.41, 5.74) is 4.86. The third kappa shape index (κ3) is 6.24. The molecule has 0 aliphatic heterocycles. The van der Waals surface area contributed by atoms with E-state index in [0.29, 0.717) is 16.7 Å². The Morgan fingerprint density at radius 2 is 1.56 bits per heavy atom. The van der Waals surface area contributed by atoms with Crippen molar-refractivity contribution in [2.24, 2.45) is 0 Å². The highest BCUT2D eigenvalue weighted by molar-refractivity contribution is 7.89. The Kier molecular flexibility index (Phi) is 9.02. The van der Waals surface area contributed by atoms with E-state index in [2.05, 4.69) is 9.46 Å². The highest BCUT2D eigenvalue weighted by Gasteiger charge is 2.24. The molecule has 0 aliphatic carbocycles. The number of nitrogens with one attached hydrogen (secondary N) is 1. The highest BCUT2D eigenvalue weighted by atomic mass is 32.2. The standard InChI is InChI=1S/C24H32F2N2O5S/c1-14-15(2)17(4)23(18(5)16(14)3)34(30,31)27-11-10-22(29)28(6)13-19-8-9-20(32-7)21(12-19)33-24(25)26/h8-9,12,24,27H,10-11,13H2,1-7H3. The number of ether oxygens (including phenoxy) is 2. The second kappa shape index (κ2) is 11.1. The molecule has 2 aromatic rings. The summed E-state index contributed by atoms with van der Waals surface area (Å²) in [7, 11) is -0.920. The van der Waals surface area contributed by atoms with Gasteiger partial charge in [0.15, 0.2) is 11.5 Å². The molecule has 1 amide bonds. The van der Waals surface area contributed by atoms with Crippen molar-refractivity contribution in [3.8, 4) is 11.5 Å². The number of alkyl halides is 2. The summed E-state index contributed by atoms with van der Waals surface area (Å²) in [6.07, 6.45) is -0.0613. The second-order valence-electron chi connectivity index (χ2n) is 8.22. The van der Waals surface area contributed by atoms with E-state index in [1.54, 1.807) is 27.0 Å². The van der Waals surface area contributed by atoms with Gasteiger partial charge in [0.2, 0.25) is 15.9 Å². The number of carbonyl (C=O) groups excluding carboxylic acids is 1. The molecule has 1 N–H and O–H groups in total. The van der Waals surface area contributed by atoms with Crippen LogP contribution in [0.3, 0.4) is 0 Å². The Morgan fingerprint density at radius 3 is 2.09 bits per heavy atom. The van der Waals surface area contributed by atoms with Gasteiger partial charge >= 0.3 is 6.61 Å². The first kappa shape index (κ1) is 27.5. The molecule has 0 spiro atoms. The van der Waals surface area contributed by atoms with E-state index in [0.717, 1.165) is 16.7 Å². The summed E-state index contributed by atoms with van der Waals surface area (Å²) < 4.78 is 63.3. The van der Waals surface area contributed by atoms with Gasteiger partial charge in [0.1, 0.15) is 0 Å². The summed E-state index contributed by atoms with van der Waals surface area (Å²) >= 11 is 0. The zero-order valence-corrected chi connectivity index (χ0v) is 21.4. The summed E-state index contributed by atoms with van der Waals surface area (Å²) in [5.74, 6) is -0.280. The van der Waals surface area contributed by atoms with Crippen molar-refractivity contribution < 1.29 is 31.5 Å². The zero-order chi connectivity index (χ0) is 25.8. The quantitative estimate of drug-likeness (QED) is 0.532. The summed E-state index contributed by atoms with van der Waals surface area (Å²) in [4.78, 5) is 14.2. The molecule has 0 saturated heterocycles. The molecule has 0 bridgehead atoms. The van der Waals surface area contributed by atoms with Gasteiger partial charge in [-0.25, -0.2) is 13.1 Å². The van der Waals surface area contributed by atoms with Crippen molar-refractivity contribution in [3.05, 3.63) is 51.6 Å². The van der Waals surface area contributed by atoms with Crippen LogP contribution in [0.15, 0.2) is 23.1 Å². The van der Waals surface area contributed by atoms with Crippen LogP contribution in [0.25, 0.3) is 0 Å². The van der Waals surface area contributed by atoms with Crippen LogP contribution in [0.2, 0.25) is 0 Å². The molecule has 0 atom stereocenters. The third-order valence-corrected chi connectivity index (χ3v) is 7.85. The molecule has 0 heterocycles. The van der Waals surface area contributed by atoms with Crippen molar-refractivity contribution in [2.75, 3.05) is 20.7 Å². The predicted octanol–water partition coefficient (Wildman–Crippen LogP) is 4.17. The van der Waals surface area contributed by atoms with E-state index in [1.165, 1.54) is 24.1 Å². The number of nitrogens with zero attached hydrogens (tertiary/aromatic N) is 1. The number of halogens is 2. The second-order valence-corrected chi connectivity index (χ2v) is 9.92. The summed E-state index contributed by atoms with van der Waals surface area (Å²) in [5, 5.41) is 0. The maximum Gasteiger partial charge on any atom is 0.387 e. The maximum atomic E-state index is 13.0. The van der Waals surface area contributed by atoms with E-state index in [1.807, 2.05) is 20.8 Å². The molecule has 0 saturated carbocycles. The lowest BCUT2D eigenvalue weighted by atomic mass is 9.95. The van der Waals surface area contributed by atoms with Crippen LogP contribution < -0.4 is 14.2 Å². The Morgan fingerprint density at radius 1 is 1.00 bits per heavy atom. The molecule has 0 aromatic heterocycles. The van der Waals surface area contributed by atoms with Crippen molar-refractivity contribution in [1.29, 1.82) is 0 Å². The Balaban J connectivity index is 2.06. The number of sulfonamides is 1. The van der Waals surface area contributed by atoms with Gasteiger partial charge in [-0.1, -0.05) is 6.07 Å². The monoisotopic (exact) mass is 498 g/mol. The van der Waals surface area contributed by atoms with E-state index in [9.17, 15) is 22.0 Å². The SMILES string of the molecule is COc1ccc(CN(C)C(=O)CCNS(=O)(=O)c2c(C)c(C)c(C)c(C)c2C)cc1OC(F)F. The highest BCUT2D eigenvalue weighted by Crippen LogP contribution is 2.30. The first-order valence-corrected chi connectivity index (χ1v) is 12.2. The molecular formula is C24H32F2N2O5S. The van der Waals surface area contributed by atoms with Gasteiger partial charge in [-0.05, 0) is 80.1 Å². The van der Waals surface area contributed by atoms with Gasteiger partial charge in [-0.15, -0.1) is 0 Å². The molecule has 34 heavy (non-hydrogen) atoms. The average Bonchev–Trinajstić information content (AvgIpc) is 2.75. The topological polar surface area (TPSA) is 84.9 Å². The molecule has 7 nitrogen and oxygen atoms in total.